The Labute approximate surface area is 196 Å². The van der Waals surface area contributed by atoms with Crippen LogP contribution in [-0.4, -0.2) is 62.3 Å². The number of ether oxygens (including phenoxy) is 1. The second-order valence-corrected chi connectivity index (χ2v) is 9.19. The van der Waals surface area contributed by atoms with Crippen LogP contribution >= 0.6 is 0 Å². The fraction of sp³-hybridized carbons (Fsp3) is 0.409. The summed E-state index contributed by atoms with van der Waals surface area (Å²) in [5.41, 5.74) is -0.565. The van der Waals surface area contributed by atoms with Crippen LogP contribution in [0.25, 0.3) is 21.8 Å². The van der Waals surface area contributed by atoms with Gasteiger partial charge in [0.1, 0.15) is 11.3 Å². The summed E-state index contributed by atoms with van der Waals surface area (Å²) in [5.74, 6) is 0.154. The Morgan fingerprint density at radius 1 is 1.18 bits per heavy atom. The number of aromatic nitrogens is 1. The molecule has 11 nitrogen and oxygen atoms in total. The van der Waals surface area contributed by atoms with E-state index in [1.807, 2.05) is 20.8 Å². The Balaban J connectivity index is 2.33. The van der Waals surface area contributed by atoms with Crippen LogP contribution in [0.5, 0.6) is 11.5 Å². The largest absolute Gasteiger partial charge is 0.494 e. The quantitative estimate of drug-likeness (QED) is 0.178. The number of hydrogen-bond acceptors (Lipinski definition) is 9. The number of pyridine rings is 1. The fourth-order valence-electron chi connectivity index (χ4n) is 3.77. The maximum atomic E-state index is 13.6. The number of aromatic amines is 1. The molecule has 0 saturated heterocycles. The standard InChI is InChI=1S/C22H28N4O7S/c1-5-25(6-2)11-10-23-21-18(33-34(4,30)31)13-17(26(28)29)20-19(21)22(27)15-12-14(32-7-3)8-9-16(15)24-20/h8-9,12-13,23H,5-7,10-11H2,1-4H3,(H,24,27). The maximum Gasteiger partial charge on any atom is 0.306 e. The normalized spacial score (nSPS) is 11.8. The molecule has 1 aromatic heterocycles. The lowest BCUT2D eigenvalue weighted by Gasteiger charge is -2.20. The highest BCUT2D eigenvalue weighted by molar-refractivity contribution is 7.86. The Kier molecular flexibility index (Phi) is 7.62. The molecule has 1 heterocycles. The second kappa shape index (κ2) is 10.3. The zero-order valence-corrected chi connectivity index (χ0v) is 20.3. The molecule has 3 rings (SSSR count). The molecule has 0 aliphatic heterocycles. The molecule has 184 valence electrons. The molecule has 0 radical (unpaired) electrons. The van der Waals surface area contributed by atoms with Crippen LogP contribution in [0.4, 0.5) is 11.4 Å². The summed E-state index contributed by atoms with van der Waals surface area (Å²) in [4.78, 5) is 29.9. The third-order valence-corrected chi connectivity index (χ3v) is 5.85. The van der Waals surface area contributed by atoms with Gasteiger partial charge in [0.05, 0.1) is 40.4 Å². The molecule has 34 heavy (non-hydrogen) atoms. The molecule has 12 heteroatoms. The first-order valence-corrected chi connectivity index (χ1v) is 12.7. The number of anilines is 1. The summed E-state index contributed by atoms with van der Waals surface area (Å²) in [6.45, 7) is 8.78. The number of likely N-dealkylation sites (N-methyl/N-ethyl adjacent to an activating group) is 1. The first-order valence-electron chi connectivity index (χ1n) is 10.9. The van der Waals surface area contributed by atoms with Crippen molar-refractivity contribution in [1.82, 2.24) is 9.88 Å². The van der Waals surface area contributed by atoms with E-state index in [0.717, 1.165) is 25.4 Å². The average Bonchev–Trinajstić information content (AvgIpc) is 2.77. The zero-order valence-electron chi connectivity index (χ0n) is 19.5. The third-order valence-electron chi connectivity index (χ3n) is 5.37. The van der Waals surface area contributed by atoms with E-state index in [-0.39, 0.29) is 27.7 Å². The molecule has 0 saturated carbocycles. The van der Waals surface area contributed by atoms with E-state index in [1.165, 1.54) is 0 Å². The summed E-state index contributed by atoms with van der Waals surface area (Å²) < 4.78 is 34.4. The lowest BCUT2D eigenvalue weighted by Crippen LogP contribution is -2.29. The first-order chi connectivity index (χ1) is 16.1. The van der Waals surface area contributed by atoms with E-state index >= 15 is 0 Å². The molecule has 2 aromatic carbocycles. The van der Waals surface area contributed by atoms with Crippen molar-refractivity contribution in [3.8, 4) is 11.5 Å². The van der Waals surface area contributed by atoms with Crippen LogP contribution in [0.15, 0.2) is 29.1 Å². The van der Waals surface area contributed by atoms with E-state index in [1.54, 1.807) is 18.2 Å². The Morgan fingerprint density at radius 2 is 1.88 bits per heavy atom. The molecule has 0 aliphatic rings. The van der Waals surface area contributed by atoms with Gasteiger partial charge in [-0.25, -0.2) is 0 Å². The summed E-state index contributed by atoms with van der Waals surface area (Å²) >= 11 is 0. The molecule has 0 amide bonds. The van der Waals surface area contributed by atoms with E-state index in [9.17, 15) is 23.3 Å². The van der Waals surface area contributed by atoms with Crippen LogP contribution < -0.4 is 19.7 Å². The Bertz CT molecular complexity index is 1380. The van der Waals surface area contributed by atoms with Crippen molar-refractivity contribution in [3.63, 3.8) is 0 Å². The minimum Gasteiger partial charge on any atom is -0.494 e. The highest BCUT2D eigenvalue weighted by Gasteiger charge is 2.26. The van der Waals surface area contributed by atoms with Gasteiger partial charge in [-0.1, -0.05) is 13.8 Å². The summed E-state index contributed by atoms with van der Waals surface area (Å²) in [6.07, 6.45) is 0.835. The SMILES string of the molecule is CCOc1ccc2[nH]c3c([N+](=O)[O-])cc(OS(C)(=O)=O)c(NCCN(CC)CC)c3c(=O)c2c1. The molecular formula is C22H28N4O7S. The van der Waals surface area contributed by atoms with Crippen molar-refractivity contribution in [2.45, 2.75) is 20.8 Å². The minimum absolute atomic E-state index is 0.0298. The number of benzene rings is 2. The Morgan fingerprint density at radius 3 is 2.47 bits per heavy atom. The average molecular weight is 493 g/mol. The number of fused-ring (bicyclic) bond motifs is 2. The predicted molar refractivity (Wildman–Crippen MR) is 132 cm³/mol. The van der Waals surface area contributed by atoms with Gasteiger partial charge in [-0.15, -0.1) is 0 Å². The van der Waals surface area contributed by atoms with Crippen LogP contribution in [0, 0.1) is 10.1 Å². The summed E-state index contributed by atoms with van der Waals surface area (Å²) in [7, 11) is -4.04. The lowest BCUT2D eigenvalue weighted by molar-refractivity contribution is -0.383. The fourth-order valence-corrected chi connectivity index (χ4v) is 4.23. The minimum atomic E-state index is -4.04. The number of hydrogen-bond donors (Lipinski definition) is 2. The summed E-state index contributed by atoms with van der Waals surface area (Å²) in [5, 5.41) is 15.1. The molecule has 0 bridgehead atoms. The zero-order chi connectivity index (χ0) is 25.0. The smallest absolute Gasteiger partial charge is 0.306 e. The molecule has 0 aliphatic carbocycles. The number of nitro benzene ring substituents is 1. The van der Waals surface area contributed by atoms with E-state index < -0.39 is 26.2 Å². The van der Waals surface area contributed by atoms with Crippen molar-refractivity contribution in [2.24, 2.45) is 0 Å². The van der Waals surface area contributed by atoms with Gasteiger partial charge in [0.25, 0.3) is 5.69 Å². The summed E-state index contributed by atoms with van der Waals surface area (Å²) in [6, 6.07) is 5.83. The third kappa shape index (κ3) is 5.39. The molecule has 0 spiro atoms. The van der Waals surface area contributed by atoms with Gasteiger partial charge in [0.2, 0.25) is 0 Å². The molecule has 0 fully saturated rings. The van der Waals surface area contributed by atoms with Crippen molar-refractivity contribution in [3.05, 3.63) is 44.6 Å². The van der Waals surface area contributed by atoms with Crippen LogP contribution in [0.1, 0.15) is 20.8 Å². The number of H-pyrrole nitrogens is 1. The van der Waals surface area contributed by atoms with Gasteiger partial charge >= 0.3 is 10.1 Å². The van der Waals surface area contributed by atoms with E-state index in [4.69, 9.17) is 8.92 Å². The number of non-ortho nitro benzene ring substituents is 1. The van der Waals surface area contributed by atoms with Crippen LogP contribution in [-0.2, 0) is 10.1 Å². The molecular weight excluding hydrogens is 464 g/mol. The highest BCUT2D eigenvalue weighted by atomic mass is 32.2. The number of nitrogens with one attached hydrogen (secondary N) is 2. The van der Waals surface area contributed by atoms with Crippen molar-refractivity contribution in [1.29, 1.82) is 0 Å². The molecule has 0 unspecified atom stereocenters. The Hall–Kier alpha value is -3.38. The topological polar surface area (TPSA) is 144 Å². The monoisotopic (exact) mass is 492 g/mol. The van der Waals surface area contributed by atoms with E-state index in [2.05, 4.69) is 15.2 Å². The van der Waals surface area contributed by atoms with Crippen molar-refractivity contribution < 1.29 is 22.3 Å². The number of rotatable bonds is 11. The predicted octanol–water partition coefficient (Wildman–Crippen LogP) is 3.08. The number of nitrogens with zero attached hydrogens (tertiary/aromatic N) is 2. The highest BCUT2D eigenvalue weighted by Crippen LogP contribution is 2.39. The van der Waals surface area contributed by atoms with Crippen molar-refractivity contribution in [2.75, 3.05) is 44.4 Å². The maximum absolute atomic E-state index is 13.6. The van der Waals surface area contributed by atoms with Crippen molar-refractivity contribution >= 4 is 43.3 Å². The van der Waals surface area contributed by atoms with Gasteiger partial charge in [0, 0.05) is 18.5 Å². The molecule has 0 atom stereocenters. The number of nitro groups is 1. The van der Waals surface area contributed by atoms with Gasteiger partial charge in [-0.3, -0.25) is 14.9 Å². The van der Waals surface area contributed by atoms with Gasteiger partial charge in [-0.05, 0) is 38.2 Å². The molecule has 2 N–H and O–H groups in total. The molecule has 3 aromatic rings. The second-order valence-electron chi connectivity index (χ2n) is 7.61. The van der Waals surface area contributed by atoms with Crippen LogP contribution in [0.2, 0.25) is 0 Å². The van der Waals surface area contributed by atoms with Gasteiger partial charge < -0.3 is 24.1 Å². The lowest BCUT2D eigenvalue weighted by atomic mass is 10.1. The van der Waals surface area contributed by atoms with Gasteiger partial charge in [-0.2, -0.15) is 8.42 Å². The van der Waals surface area contributed by atoms with E-state index in [0.29, 0.717) is 31.0 Å². The van der Waals surface area contributed by atoms with Crippen LogP contribution in [0.3, 0.4) is 0 Å². The van der Waals surface area contributed by atoms with Gasteiger partial charge in [0.15, 0.2) is 11.2 Å². The first kappa shape index (κ1) is 25.2.